The van der Waals surface area contributed by atoms with E-state index in [9.17, 15) is 8.42 Å². The largest absolute Gasteiger partial charge is 0.369 e. The average Bonchev–Trinajstić information content (AvgIpc) is 3.37. The van der Waals surface area contributed by atoms with Crippen LogP contribution in [0.5, 0.6) is 0 Å². The van der Waals surface area contributed by atoms with Gasteiger partial charge in [0.25, 0.3) is 0 Å². The van der Waals surface area contributed by atoms with Gasteiger partial charge in [0.2, 0.25) is 10.0 Å². The van der Waals surface area contributed by atoms with E-state index in [-0.39, 0.29) is 0 Å². The molecule has 0 aliphatic carbocycles. The zero-order chi connectivity index (χ0) is 22.3. The molecule has 0 atom stereocenters. The Morgan fingerprint density at radius 1 is 1.06 bits per heavy atom. The normalized spacial score (nSPS) is 15.7. The number of aromatic nitrogens is 1. The molecular formula is C23H29N3O2S3. The monoisotopic (exact) mass is 475 g/mol. The summed E-state index contributed by atoms with van der Waals surface area (Å²) in [5, 5.41) is 2.97. The number of nitrogens with zero attached hydrogens (tertiary/aromatic N) is 3. The summed E-state index contributed by atoms with van der Waals surface area (Å²) in [7, 11) is -3.52. The van der Waals surface area contributed by atoms with Crippen LogP contribution in [0.4, 0.5) is 5.69 Å². The van der Waals surface area contributed by atoms with Gasteiger partial charge in [0, 0.05) is 42.1 Å². The fraction of sp³-hybridized carbons (Fsp3) is 0.435. The Hall–Kier alpha value is -1.74. The molecule has 0 saturated carbocycles. The molecule has 31 heavy (non-hydrogen) atoms. The molecule has 5 nitrogen and oxygen atoms in total. The number of piperazine rings is 1. The Morgan fingerprint density at radius 2 is 1.77 bits per heavy atom. The molecule has 3 heterocycles. The molecule has 2 aromatic heterocycles. The second-order valence-electron chi connectivity index (χ2n) is 8.37. The fourth-order valence-corrected chi connectivity index (χ4v) is 7.90. The summed E-state index contributed by atoms with van der Waals surface area (Å²) in [6, 6.07) is 8.12. The average molecular weight is 476 g/mol. The van der Waals surface area contributed by atoms with E-state index >= 15 is 0 Å². The van der Waals surface area contributed by atoms with Crippen molar-refractivity contribution in [2.45, 2.75) is 45.4 Å². The molecule has 1 saturated heterocycles. The number of thiazole rings is 1. The van der Waals surface area contributed by atoms with Crippen LogP contribution in [0.15, 0.2) is 34.5 Å². The van der Waals surface area contributed by atoms with Gasteiger partial charge in [-0.3, -0.25) is 0 Å². The Labute approximate surface area is 193 Å². The van der Waals surface area contributed by atoms with Crippen LogP contribution in [-0.4, -0.2) is 43.9 Å². The van der Waals surface area contributed by atoms with Crippen LogP contribution in [0.2, 0.25) is 0 Å². The first-order chi connectivity index (χ1) is 14.7. The lowest BCUT2D eigenvalue weighted by Crippen LogP contribution is -2.48. The third kappa shape index (κ3) is 4.31. The summed E-state index contributed by atoms with van der Waals surface area (Å²) in [4.78, 5) is 9.18. The molecular weight excluding hydrogens is 446 g/mol. The van der Waals surface area contributed by atoms with Crippen molar-refractivity contribution in [3.05, 3.63) is 51.3 Å². The second kappa shape index (κ2) is 8.65. The van der Waals surface area contributed by atoms with E-state index in [1.807, 2.05) is 13.0 Å². The molecule has 4 rings (SSSR count). The highest BCUT2D eigenvalue weighted by atomic mass is 32.2. The van der Waals surface area contributed by atoms with E-state index in [0.29, 0.717) is 37.0 Å². The van der Waals surface area contributed by atoms with Crippen LogP contribution in [0, 0.1) is 20.8 Å². The molecule has 0 unspecified atom stereocenters. The van der Waals surface area contributed by atoms with E-state index in [1.165, 1.54) is 28.2 Å². The Balaban J connectivity index is 1.53. The van der Waals surface area contributed by atoms with Crippen molar-refractivity contribution in [1.82, 2.24) is 9.29 Å². The van der Waals surface area contributed by atoms with Crippen LogP contribution in [0.25, 0.3) is 9.88 Å². The molecule has 1 fully saturated rings. The quantitative estimate of drug-likeness (QED) is 0.494. The number of hydrogen-bond acceptors (Lipinski definition) is 6. The van der Waals surface area contributed by atoms with Gasteiger partial charge in [-0.15, -0.1) is 22.7 Å². The van der Waals surface area contributed by atoms with Crippen LogP contribution in [-0.2, 0) is 10.0 Å². The number of aryl methyl sites for hydroxylation is 2. The van der Waals surface area contributed by atoms with Gasteiger partial charge in [-0.2, -0.15) is 4.31 Å². The maximum absolute atomic E-state index is 13.4. The SMILES string of the molecule is Cc1cccc(N2CCN(S(=O)(=O)c3cc(-c4nc(C(C)C)cs4)sc3C)CC2)c1C. The van der Waals surface area contributed by atoms with E-state index in [4.69, 9.17) is 4.98 Å². The maximum Gasteiger partial charge on any atom is 0.244 e. The Bertz CT molecular complexity index is 1190. The minimum atomic E-state index is -3.52. The first-order valence-corrected chi connectivity index (χ1v) is 13.7. The summed E-state index contributed by atoms with van der Waals surface area (Å²) in [6.07, 6.45) is 0. The Kier molecular flexibility index (Phi) is 6.27. The molecule has 0 bridgehead atoms. The lowest BCUT2D eigenvalue weighted by Gasteiger charge is -2.36. The highest BCUT2D eigenvalue weighted by Gasteiger charge is 2.31. The zero-order valence-electron chi connectivity index (χ0n) is 18.7. The number of hydrogen-bond donors (Lipinski definition) is 0. The molecule has 0 N–H and O–H groups in total. The van der Waals surface area contributed by atoms with Gasteiger partial charge in [0.1, 0.15) is 5.01 Å². The van der Waals surface area contributed by atoms with Gasteiger partial charge in [-0.05, 0) is 49.9 Å². The van der Waals surface area contributed by atoms with Crippen molar-refractivity contribution in [3.8, 4) is 9.88 Å². The molecule has 1 aromatic carbocycles. The second-order valence-corrected chi connectivity index (χ2v) is 12.4. The van der Waals surface area contributed by atoms with Crippen LogP contribution in [0.3, 0.4) is 0 Å². The summed E-state index contributed by atoms with van der Waals surface area (Å²) >= 11 is 3.10. The highest BCUT2D eigenvalue weighted by molar-refractivity contribution is 7.89. The Morgan fingerprint density at radius 3 is 2.42 bits per heavy atom. The van der Waals surface area contributed by atoms with Gasteiger partial charge in [0.05, 0.1) is 15.5 Å². The minimum absolute atomic E-state index is 0.364. The topological polar surface area (TPSA) is 53.5 Å². The van der Waals surface area contributed by atoms with Crippen molar-refractivity contribution in [2.24, 2.45) is 0 Å². The number of sulfonamides is 1. The summed E-state index contributed by atoms with van der Waals surface area (Å²) < 4.78 is 28.5. The fourth-order valence-electron chi connectivity index (χ4n) is 3.88. The van der Waals surface area contributed by atoms with E-state index < -0.39 is 10.0 Å². The summed E-state index contributed by atoms with van der Waals surface area (Å²) in [5.41, 5.74) is 4.78. The predicted octanol–water partition coefficient (Wildman–Crippen LogP) is 5.43. The number of thiophene rings is 1. The van der Waals surface area contributed by atoms with E-state index in [0.717, 1.165) is 20.5 Å². The molecule has 0 spiro atoms. The predicted molar refractivity (Wildman–Crippen MR) is 131 cm³/mol. The third-order valence-corrected chi connectivity index (χ3v) is 10.2. The molecule has 8 heteroatoms. The van der Waals surface area contributed by atoms with Crippen molar-refractivity contribution in [2.75, 3.05) is 31.1 Å². The number of rotatable bonds is 5. The van der Waals surface area contributed by atoms with Crippen molar-refractivity contribution in [3.63, 3.8) is 0 Å². The van der Waals surface area contributed by atoms with E-state index in [2.05, 4.69) is 56.2 Å². The maximum atomic E-state index is 13.4. The van der Waals surface area contributed by atoms with E-state index in [1.54, 1.807) is 15.6 Å². The third-order valence-electron chi connectivity index (χ3n) is 5.97. The number of anilines is 1. The smallest absolute Gasteiger partial charge is 0.244 e. The lowest BCUT2D eigenvalue weighted by molar-refractivity contribution is 0.384. The van der Waals surface area contributed by atoms with Crippen molar-refractivity contribution in [1.29, 1.82) is 0 Å². The van der Waals surface area contributed by atoms with Crippen LogP contribution >= 0.6 is 22.7 Å². The van der Waals surface area contributed by atoms with Gasteiger partial charge in [-0.1, -0.05) is 26.0 Å². The minimum Gasteiger partial charge on any atom is -0.369 e. The molecule has 166 valence electrons. The first-order valence-electron chi connectivity index (χ1n) is 10.6. The summed E-state index contributed by atoms with van der Waals surface area (Å²) in [6.45, 7) is 12.8. The van der Waals surface area contributed by atoms with Crippen molar-refractivity contribution >= 4 is 38.4 Å². The van der Waals surface area contributed by atoms with Gasteiger partial charge in [0.15, 0.2) is 0 Å². The number of benzene rings is 1. The molecule has 1 aliphatic rings. The lowest BCUT2D eigenvalue weighted by atomic mass is 10.1. The van der Waals surface area contributed by atoms with Crippen molar-refractivity contribution < 1.29 is 8.42 Å². The first kappa shape index (κ1) is 22.5. The van der Waals surface area contributed by atoms with Crippen LogP contribution < -0.4 is 4.90 Å². The highest BCUT2D eigenvalue weighted by Crippen LogP contribution is 2.37. The molecule has 1 aliphatic heterocycles. The molecule has 3 aromatic rings. The molecule has 0 radical (unpaired) electrons. The standard InChI is InChI=1S/C23H29N3O2S3/c1-15(2)19-14-29-23(24-19)21-13-22(18(5)30-21)31(27,28)26-11-9-25(10-12-26)20-8-6-7-16(3)17(20)4/h6-8,13-15H,9-12H2,1-5H3. The van der Waals surface area contributed by atoms with Crippen LogP contribution in [0.1, 0.15) is 41.5 Å². The van der Waals surface area contributed by atoms with Gasteiger partial charge in [-0.25, -0.2) is 13.4 Å². The summed E-state index contributed by atoms with van der Waals surface area (Å²) in [5.74, 6) is 0.364. The van der Waals surface area contributed by atoms with Gasteiger partial charge < -0.3 is 4.90 Å². The zero-order valence-corrected chi connectivity index (χ0v) is 21.1. The van der Waals surface area contributed by atoms with Gasteiger partial charge >= 0.3 is 0 Å². The molecule has 0 amide bonds.